The van der Waals surface area contributed by atoms with Crippen molar-refractivity contribution in [2.75, 3.05) is 14.2 Å². The van der Waals surface area contributed by atoms with E-state index >= 15 is 0 Å². The summed E-state index contributed by atoms with van der Waals surface area (Å²) >= 11 is 0. The molecule has 1 heterocycles. The zero-order valence-corrected chi connectivity index (χ0v) is 9.21. The largest absolute Gasteiger partial charge is 0.469 e. The van der Waals surface area contributed by atoms with Gasteiger partial charge in [-0.2, -0.15) is 0 Å². The van der Waals surface area contributed by atoms with Gasteiger partial charge in [-0.15, -0.1) is 0 Å². The summed E-state index contributed by atoms with van der Waals surface area (Å²) in [6, 6.07) is 0. The molecule has 3 fully saturated rings. The topological polar surface area (TPSA) is 65.1 Å². The van der Waals surface area contributed by atoms with Gasteiger partial charge in [-0.25, -0.2) is 0 Å². The molecule has 1 saturated heterocycles. The van der Waals surface area contributed by atoms with Crippen molar-refractivity contribution in [1.29, 1.82) is 0 Å². The molecule has 3 aliphatic rings. The van der Waals surface area contributed by atoms with Gasteiger partial charge >= 0.3 is 11.9 Å². The lowest BCUT2D eigenvalue weighted by Gasteiger charge is -2.24. The number of fused-ring (bicyclic) bond motifs is 5. The van der Waals surface area contributed by atoms with E-state index in [4.69, 9.17) is 14.2 Å². The van der Waals surface area contributed by atoms with E-state index in [1.54, 1.807) is 0 Å². The molecule has 16 heavy (non-hydrogen) atoms. The van der Waals surface area contributed by atoms with Crippen molar-refractivity contribution in [3.63, 3.8) is 0 Å². The van der Waals surface area contributed by atoms with Crippen LogP contribution < -0.4 is 0 Å². The van der Waals surface area contributed by atoms with Crippen molar-refractivity contribution in [2.24, 2.45) is 23.7 Å². The van der Waals surface area contributed by atoms with E-state index in [-0.39, 0.29) is 47.8 Å². The summed E-state index contributed by atoms with van der Waals surface area (Å²) in [5.74, 6) is -1.07. The maximum atomic E-state index is 11.7. The first-order chi connectivity index (χ1) is 7.69. The molecule has 0 aromatic carbocycles. The molecule has 5 heteroatoms. The Morgan fingerprint density at radius 2 is 1.44 bits per heavy atom. The van der Waals surface area contributed by atoms with Crippen molar-refractivity contribution in [3.05, 3.63) is 0 Å². The zero-order valence-electron chi connectivity index (χ0n) is 9.21. The Morgan fingerprint density at radius 3 is 1.81 bits per heavy atom. The fourth-order valence-electron chi connectivity index (χ4n) is 3.56. The highest BCUT2D eigenvalue weighted by atomic mass is 16.6. The number of ether oxygens (including phenoxy) is 3. The third kappa shape index (κ3) is 1.09. The molecule has 6 unspecified atom stereocenters. The highest BCUT2D eigenvalue weighted by molar-refractivity contribution is 5.84. The van der Waals surface area contributed by atoms with Crippen molar-refractivity contribution in [1.82, 2.24) is 0 Å². The number of carbonyl (C=O) groups excluding carboxylic acids is 2. The lowest BCUT2D eigenvalue weighted by atomic mass is 9.79. The molecule has 1 aliphatic heterocycles. The normalized spacial score (nSPS) is 47.4. The molecule has 0 spiro atoms. The highest BCUT2D eigenvalue weighted by Crippen LogP contribution is 2.61. The van der Waals surface area contributed by atoms with Gasteiger partial charge < -0.3 is 14.2 Å². The van der Waals surface area contributed by atoms with Crippen molar-refractivity contribution in [3.8, 4) is 0 Å². The summed E-state index contributed by atoms with van der Waals surface area (Å²) in [6.45, 7) is 0. The molecule has 0 amide bonds. The van der Waals surface area contributed by atoms with E-state index in [1.165, 1.54) is 14.2 Å². The first-order valence-corrected chi connectivity index (χ1v) is 5.50. The number of hydrogen-bond donors (Lipinski definition) is 0. The van der Waals surface area contributed by atoms with E-state index < -0.39 is 0 Å². The SMILES string of the molecule is COC(=O)C1C2CC(C3OC23)C1C(=O)OC. The van der Waals surface area contributed by atoms with Crippen molar-refractivity contribution in [2.45, 2.75) is 18.6 Å². The molecular weight excluding hydrogens is 212 g/mol. The number of methoxy groups -OCH3 is 2. The second kappa shape index (κ2) is 3.20. The third-order valence-electron chi connectivity index (χ3n) is 4.21. The second-order valence-corrected chi connectivity index (χ2v) is 4.73. The van der Waals surface area contributed by atoms with E-state index in [0.717, 1.165) is 6.42 Å². The van der Waals surface area contributed by atoms with Crippen LogP contribution in [-0.4, -0.2) is 38.4 Å². The highest BCUT2D eigenvalue weighted by Gasteiger charge is 2.71. The number of esters is 2. The lowest BCUT2D eigenvalue weighted by Crippen LogP contribution is -2.39. The van der Waals surface area contributed by atoms with Crippen LogP contribution in [0.5, 0.6) is 0 Å². The van der Waals surface area contributed by atoms with Gasteiger partial charge in [-0.05, 0) is 6.42 Å². The Morgan fingerprint density at radius 1 is 1.00 bits per heavy atom. The minimum absolute atomic E-state index is 0.145. The quantitative estimate of drug-likeness (QED) is 0.489. The van der Waals surface area contributed by atoms with Gasteiger partial charge in [-0.1, -0.05) is 0 Å². The Labute approximate surface area is 93.0 Å². The molecular formula is C11H14O5. The van der Waals surface area contributed by atoms with Crippen molar-refractivity contribution < 1.29 is 23.8 Å². The van der Waals surface area contributed by atoms with Gasteiger partial charge in [0.25, 0.3) is 0 Å². The smallest absolute Gasteiger partial charge is 0.309 e. The summed E-state index contributed by atoms with van der Waals surface area (Å²) in [6.07, 6.45) is 1.24. The summed E-state index contributed by atoms with van der Waals surface area (Å²) in [7, 11) is 2.71. The molecule has 0 aromatic heterocycles. The van der Waals surface area contributed by atoms with Gasteiger partial charge in [0.2, 0.25) is 0 Å². The van der Waals surface area contributed by atoms with Crippen LogP contribution in [0.3, 0.4) is 0 Å². The van der Waals surface area contributed by atoms with Crippen LogP contribution in [0.1, 0.15) is 6.42 Å². The van der Waals surface area contributed by atoms with Crippen molar-refractivity contribution >= 4 is 11.9 Å². The predicted octanol–water partition coefficient (Wildman–Crippen LogP) is -0.0181. The van der Waals surface area contributed by atoms with E-state index in [9.17, 15) is 9.59 Å². The van der Waals surface area contributed by atoms with E-state index in [2.05, 4.69) is 0 Å². The molecule has 3 rings (SSSR count). The van der Waals surface area contributed by atoms with Crippen LogP contribution in [0.2, 0.25) is 0 Å². The second-order valence-electron chi connectivity index (χ2n) is 4.73. The van der Waals surface area contributed by atoms with Crippen LogP contribution >= 0.6 is 0 Å². The maximum absolute atomic E-state index is 11.7. The summed E-state index contributed by atoms with van der Waals surface area (Å²) in [5, 5.41) is 0. The van der Waals surface area contributed by atoms with Crippen LogP contribution in [0.25, 0.3) is 0 Å². The Bertz CT molecular complexity index is 320. The summed E-state index contributed by atoms with van der Waals surface area (Å²) < 4.78 is 15.0. The number of rotatable bonds is 2. The first kappa shape index (κ1) is 10.1. The Hall–Kier alpha value is -1.10. The fourth-order valence-corrected chi connectivity index (χ4v) is 3.56. The fraction of sp³-hybridized carbons (Fsp3) is 0.818. The monoisotopic (exact) mass is 226 g/mol. The molecule has 0 N–H and O–H groups in total. The van der Waals surface area contributed by atoms with Gasteiger partial charge in [0, 0.05) is 11.8 Å². The van der Waals surface area contributed by atoms with Gasteiger partial charge in [0.1, 0.15) is 0 Å². The number of hydrogen-bond acceptors (Lipinski definition) is 5. The summed E-state index contributed by atoms with van der Waals surface area (Å²) in [4.78, 5) is 23.4. The molecule has 0 aromatic rings. The van der Waals surface area contributed by atoms with Gasteiger partial charge in [-0.3, -0.25) is 9.59 Å². The number of epoxide rings is 1. The standard InChI is InChI=1S/C11H14O5/c1-14-10(12)6-4-3-5(9-8(4)16-9)7(6)11(13)15-2/h4-9H,3H2,1-2H3. The molecule has 88 valence electrons. The minimum Gasteiger partial charge on any atom is -0.469 e. The van der Waals surface area contributed by atoms with E-state index in [0.29, 0.717) is 0 Å². The Balaban J connectivity index is 1.89. The number of carbonyl (C=O) groups is 2. The van der Waals surface area contributed by atoms with E-state index in [1.807, 2.05) is 0 Å². The van der Waals surface area contributed by atoms with Gasteiger partial charge in [0.15, 0.2) is 0 Å². The van der Waals surface area contributed by atoms with Crippen LogP contribution in [0.4, 0.5) is 0 Å². The zero-order chi connectivity index (χ0) is 11.4. The molecule has 2 aliphatic carbocycles. The maximum Gasteiger partial charge on any atom is 0.309 e. The third-order valence-corrected chi connectivity index (χ3v) is 4.21. The van der Waals surface area contributed by atoms with Crippen LogP contribution in [-0.2, 0) is 23.8 Å². The molecule has 2 bridgehead atoms. The van der Waals surface area contributed by atoms with Gasteiger partial charge in [0.05, 0.1) is 38.3 Å². The molecule has 0 radical (unpaired) electrons. The first-order valence-electron chi connectivity index (χ1n) is 5.50. The van der Waals surface area contributed by atoms with Crippen LogP contribution in [0.15, 0.2) is 0 Å². The average molecular weight is 226 g/mol. The average Bonchev–Trinajstić information content (AvgIpc) is 2.93. The minimum atomic E-state index is -0.369. The molecule has 2 saturated carbocycles. The lowest BCUT2D eigenvalue weighted by molar-refractivity contribution is -0.159. The molecule has 6 atom stereocenters. The summed E-state index contributed by atoms with van der Waals surface area (Å²) in [5.41, 5.74) is 0. The predicted molar refractivity (Wildman–Crippen MR) is 51.3 cm³/mol. The molecule has 5 nitrogen and oxygen atoms in total. The Kier molecular flexibility index (Phi) is 2.01. The van der Waals surface area contributed by atoms with Crippen LogP contribution in [0, 0.1) is 23.7 Å².